The number of rotatable bonds is 0. The van der Waals surface area contributed by atoms with Crippen molar-refractivity contribution in [2.45, 2.75) is 0 Å². The average Bonchev–Trinajstić information content (AvgIpc) is 1.70. The van der Waals surface area contributed by atoms with Crippen LogP contribution in [-0.4, -0.2) is 35.9 Å². The quantitative estimate of drug-likeness (QED) is 0.0417. The van der Waals surface area contributed by atoms with Gasteiger partial charge < -0.3 is 82.2 Å². The Kier molecular flexibility index (Phi) is 166. The van der Waals surface area contributed by atoms with Crippen LogP contribution in [0.15, 0.2) is 0 Å². The van der Waals surface area contributed by atoms with E-state index in [4.69, 9.17) is 65.4 Å². The topological polar surface area (TPSA) is 296 Å². The van der Waals surface area contributed by atoms with Gasteiger partial charge in [-0.3, -0.25) is 12.6 Å². The smallest absolute Gasteiger partial charge is 1.00 e. The first-order valence-corrected chi connectivity index (χ1v) is 6.24. The Morgan fingerprint density at radius 1 is 0.815 bits per heavy atom. The predicted molar refractivity (Wildman–Crippen MR) is 38.1 cm³/mol. The molecule has 0 saturated carbocycles. The number of hydrogen-bond acceptors (Lipinski definition) is 14. The molecule has 0 rings (SSSR count). The molecule has 0 saturated heterocycles. The molecule has 0 bridgehead atoms. The standard InChI is InChI=1S/BrH.ClH.K.6Mn.NO3.H3O4P.H2O4S.H2O3S/c;;;;;;;;;2-1(3)4;2*1-5(2,3)4;1-4(2)3/h2*1H;;;;;;;;;(H3,1,2,3,4);(H2,1,2,3,4);(H2,1,2,3)/q;;+1;6*+2;-1;;;/p-9. The van der Waals surface area contributed by atoms with Gasteiger partial charge in [0.15, 0.2) is 0 Å². The van der Waals surface area contributed by atoms with E-state index >= 15 is 0 Å². The zero-order valence-electron chi connectivity index (χ0n) is 11.5. The molecule has 0 spiro atoms. The summed E-state index contributed by atoms with van der Waals surface area (Å²) >= 11 is -3.11. The van der Waals surface area contributed by atoms with Crippen molar-refractivity contribution in [1.29, 1.82) is 0 Å². The minimum atomic E-state index is -5.39. The maximum absolute atomic E-state index is 8.55. The van der Waals surface area contributed by atoms with Crippen molar-refractivity contribution in [3.05, 3.63) is 15.3 Å². The zero-order chi connectivity index (χ0) is 16.2. The van der Waals surface area contributed by atoms with E-state index in [9.17, 15) is 0 Å². The number of phosphoric acid groups is 1. The predicted octanol–water partition coefficient (Wildman–Crippen LogP) is -14.4. The van der Waals surface area contributed by atoms with Crippen LogP contribution in [0.5, 0.6) is 0 Å². The van der Waals surface area contributed by atoms with Crippen molar-refractivity contribution < 1.29 is 238 Å². The maximum Gasteiger partial charge on any atom is 2.00 e. The van der Waals surface area contributed by atoms with E-state index in [0.717, 1.165) is 0 Å². The molecule has 0 unspecified atom stereocenters. The van der Waals surface area contributed by atoms with Crippen LogP contribution in [0.2, 0.25) is 0 Å². The summed E-state index contributed by atoms with van der Waals surface area (Å²) in [4.78, 5) is 33.9. The first-order chi connectivity index (χ1) is 7.46. The molecule has 15 nitrogen and oxygen atoms in total. The Balaban J connectivity index is -0.00000000795. The van der Waals surface area contributed by atoms with Gasteiger partial charge in [0.1, 0.15) is 0 Å². The monoisotopic (exact) mass is 815 g/mol. The fraction of sp³-hybridized carbons (Fsp3) is 0. The number of hydrogen-bond donors (Lipinski definition) is 0. The summed E-state index contributed by atoms with van der Waals surface area (Å²) in [5.41, 5.74) is 0. The molecule has 160 valence electrons. The number of nitrogens with zero attached hydrogens (tertiary/aromatic N) is 1. The largest absolute Gasteiger partial charge is 2.00 e. The van der Waals surface area contributed by atoms with Crippen molar-refractivity contribution in [3.8, 4) is 0 Å². The fourth-order valence-electron chi connectivity index (χ4n) is 0. The van der Waals surface area contributed by atoms with E-state index in [1.165, 1.54) is 0 Å². The van der Waals surface area contributed by atoms with Crippen molar-refractivity contribution in [1.82, 2.24) is 0 Å². The van der Waals surface area contributed by atoms with Gasteiger partial charge in [-0.15, -0.1) is 11.4 Å². The molecule has 0 N–H and O–H groups in total. The van der Waals surface area contributed by atoms with Gasteiger partial charge in [-0.1, -0.05) is 0 Å². The van der Waals surface area contributed by atoms with Gasteiger partial charge in [0.25, 0.3) is 0 Å². The summed E-state index contributed by atoms with van der Waals surface area (Å²) in [6.07, 6.45) is 0. The summed E-state index contributed by atoms with van der Waals surface area (Å²) in [6.45, 7) is 0. The summed E-state index contributed by atoms with van der Waals surface area (Å²) in [6, 6.07) is 0. The maximum atomic E-state index is 8.55. The van der Waals surface area contributed by atoms with E-state index in [0.29, 0.717) is 0 Å². The SMILES string of the molecule is O=P([O-])([O-])[O-].O=S(=O)([O-])[O-].O=S([O-])[O-].O=[N+]([O-])[O-].[Br-].[Cl-].[K+].[Mn+2].[Mn+2].[Mn+2].[Mn+2].[Mn+2].[Mn+2]. The molecule has 0 aliphatic heterocycles. The van der Waals surface area contributed by atoms with Gasteiger partial charge in [-0.25, -0.2) is 0 Å². The van der Waals surface area contributed by atoms with Crippen LogP contribution in [0.1, 0.15) is 0 Å². The molecule has 0 aliphatic rings. The summed E-state index contributed by atoms with van der Waals surface area (Å²) in [7, 11) is -10.6. The van der Waals surface area contributed by atoms with Crippen LogP contribution in [0.25, 0.3) is 0 Å². The molecule has 0 aromatic rings. The van der Waals surface area contributed by atoms with Crippen molar-refractivity contribution >= 4 is 29.6 Å². The third-order valence-electron chi connectivity index (χ3n) is 0. The molecule has 27 heteroatoms. The second kappa shape index (κ2) is 52.6. The molecule has 0 amide bonds. The van der Waals surface area contributed by atoms with Crippen LogP contribution in [0.4, 0.5) is 0 Å². The fourth-order valence-corrected chi connectivity index (χ4v) is 0. The molecule has 0 aliphatic carbocycles. The first-order valence-electron chi connectivity index (χ1n) is 2.44. The van der Waals surface area contributed by atoms with Crippen molar-refractivity contribution in [3.63, 3.8) is 0 Å². The first kappa shape index (κ1) is 85.4. The second-order valence-corrected chi connectivity index (χ2v) is 3.40. The van der Waals surface area contributed by atoms with E-state index in [1.54, 1.807) is 0 Å². The Labute approximate surface area is 278 Å². The summed E-state index contributed by atoms with van der Waals surface area (Å²) < 4.78 is 68.0. The molecule has 0 heterocycles. The third-order valence-corrected chi connectivity index (χ3v) is 0. The van der Waals surface area contributed by atoms with Crippen LogP contribution in [0.3, 0.4) is 0 Å². The third kappa shape index (κ3) is 1120. The molecule has 27 heavy (non-hydrogen) atoms. The van der Waals surface area contributed by atoms with E-state index in [2.05, 4.69) is 0 Å². The Morgan fingerprint density at radius 2 is 0.815 bits per heavy atom. The minimum Gasteiger partial charge on any atom is -1.00 e. The van der Waals surface area contributed by atoms with Crippen LogP contribution in [0, 0.1) is 15.3 Å². The van der Waals surface area contributed by atoms with Crippen molar-refractivity contribution in [2.24, 2.45) is 0 Å². The summed E-state index contributed by atoms with van der Waals surface area (Å²) in [5.74, 6) is 0. The van der Waals surface area contributed by atoms with E-state index in [-0.39, 0.29) is 183 Å². The van der Waals surface area contributed by atoms with E-state index < -0.39 is 34.7 Å². The molecule has 0 aromatic carbocycles. The Bertz CT molecular complexity index is 361. The van der Waals surface area contributed by atoms with Gasteiger partial charge in [-0.05, 0) is 0 Å². The van der Waals surface area contributed by atoms with Gasteiger partial charge in [0.05, 0.1) is 5.09 Å². The number of halogens is 2. The summed E-state index contributed by atoms with van der Waals surface area (Å²) in [5, 5.41) is 14.8. The van der Waals surface area contributed by atoms with Gasteiger partial charge >= 0.3 is 154 Å². The van der Waals surface area contributed by atoms with Gasteiger partial charge in [-0.2, -0.15) is 7.82 Å². The van der Waals surface area contributed by atoms with Gasteiger partial charge in [0, 0.05) is 10.4 Å². The van der Waals surface area contributed by atoms with Crippen LogP contribution >= 0.6 is 7.82 Å². The van der Waals surface area contributed by atoms with Gasteiger partial charge in [0.2, 0.25) is 0 Å². The van der Waals surface area contributed by atoms with E-state index in [1.807, 2.05) is 0 Å². The Hall–Kier alpha value is 4.77. The molecule has 0 aromatic heterocycles. The normalized spacial score (nSPS) is 6.52. The molecular formula is BrClKMn6NO14PS2+3. The van der Waals surface area contributed by atoms with Crippen molar-refractivity contribution in [2.75, 3.05) is 0 Å². The van der Waals surface area contributed by atoms with Crippen LogP contribution in [-0.2, 0) is 129 Å². The molecule has 6 radical (unpaired) electrons. The Morgan fingerprint density at radius 3 is 0.815 bits per heavy atom. The molecule has 0 fully saturated rings. The molecular weight excluding hydrogens is 817 g/mol. The zero-order valence-corrected chi connectivity index (χ0v) is 26.5. The second-order valence-electron chi connectivity index (χ2n) is 1.28. The average molecular weight is 817 g/mol. The minimum absolute atomic E-state index is 0. The molecule has 0 atom stereocenters. The van der Waals surface area contributed by atoms with Crippen LogP contribution < -0.4 is 95.5 Å².